The lowest BCUT2D eigenvalue weighted by molar-refractivity contribution is -0.118. The highest BCUT2D eigenvalue weighted by Gasteiger charge is 2.17. The van der Waals surface area contributed by atoms with Gasteiger partial charge in [-0.3, -0.25) is 9.69 Å². The summed E-state index contributed by atoms with van der Waals surface area (Å²) in [7, 11) is 0. The fourth-order valence-electron chi connectivity index (χ4n) is 2.42. The maximum atomic E-state index is 12.5. The van der Waals surface area contributed by atoms with Crippen molar-refractivity contribution in [3.05, 3.63) is 58.0 Å². The summed E-state index contributed by atoms with van der Waals surface area (Å²) in [5.74, 6) is 1.47. The third-order valence-electron chi connectivity index (χ3n) is 3.73. The first-order valence-electron chi connectivity index (χ1n) is 8.07. The molecule has 134 valence electrons. The molecule has 0 aliphatic heterocycles. The summed E-state index contributed by atoms with van der Waals surface area (Å²) in [4.78, 5) is 22.8. The lowest BCUT2D eigenvalue weighted by Gasteiger charge is -2.19. The van der Waals surface area contributed by atoms with E-state index in [4.69, 9.17) is 16.1 Å². The van der Waals surface area contributed by atoms with Gasteiger partial charge in [0.15, 0.2) is 0 Å². The number of carbonyl (C=O) groups excluding carboxylic acids is 1. The summed E-state index contributed by atoms with van der Waals surface area (Å²) < 4.78 is 6.11. The van der Waals surface area contributed by atoms with E-state index in [1.807, 2.05) is 25.1 Å². The summed E-state index contributed by atoms with van der Waals surface area (Å²) in [6, 6.07) is 10.8. The van der Waals surface area contributed by atoms with Gasteiger partial charge in [-0.05, 0) is 59.3 Å². The normalized spacial score (nSPS) is 10.7. The van der Waals surface area contributed by atoms with E-state index < -0.39 is 0 Å². The number of hydrogen-bond acceptors (Lipinski definition) is 5. The van der Waals surface area contributed by atoms with E-state index in [1.165, 1.54) is 0 Å². The van der Waals surface area contributed by atoms with Gasteiger partial charge in [0.05, 0.1) is 0 Å². The van der Waals surface area contributed by atoms with Gasteiger partial charge in [-0.1, -0.05) is 16.8 Å². The van der Waals surface area contributed by atoms with Gasteiger partial charge < -0.3 is 4.52 Å². The van der Waals surface area contributed by atoms with Crippen LogP contribution >= 0.6 is 27.5 Å². The van der Waals surface area contributed by atoms with Crippen LogP contribution in [0.3, 0.4) is 0 Å². The Morgan fingerprint density at radius 3 is 2.65 bits per heavy atom. The minimum atomic E-state index is -0.0476. The van der Waals surface area contributed by atoms with Crippen LogP contribution in [0.25, 0.3) is 11.4 Å². The second kappa shape index (κ2) is 8.42. The van der Waals surface area contributed by atoms with Gasteiger partial charge in [0.25, 0.3) is 0 Å². The number of nitrogens with zero attached hydrogens (tertiary/aromatic N) is 4. The Morgan fingerprint density at radius 2 is 2.00 bits per heavy atom. The van der Waals surface area contributed by atoms with E-state index in [-0.39, 0.29) is 12.3 Å². The van der Waals surface area contributed by atoms with Crippen LogP contribution in [0.2, 0.25) is 5.02 Å². The van der Waals surface area contributed by atoms with Crippen molar-refractivity contribution in [1.82, 2.24) is 15.1 Å². The third-order valence-corrected chi connectivity index (χ3v) is 4.45. The molecule has 0 aliphatic carbocycles. The van der Waals surface area contributed by atoms with E-state index in [0.29, 0.717) is 35.5 Å². The molecule has 0 atom stereocenters. The zero-order valence-corrected chi connectivity index (χ0v) is 16.4. The fourth-order valence-corrected chi connectivity index (χ4v) is 2.78. The third kappa shape index (κ3) is 4.47. The Labute approximate surface area is 164 Å². The molecule has 3 aromatic rings. The van der Waals surface area contributed by atoms with Crippen LogP contribution in [-0.2, 0) is 11.2 Å². The molecule has 0 saturated heterocycles. The van der Waals surface area contributed by atoms with Crippen LogP contribution in [0.5, 0.6) is 0 Å². The highest BCUT2D eigenvalue weighted by atomic mass is 79.9. The molecule has 6 nitrogen and oxygen atoms in total. The molecular formula is C18H16BrClN4O2. The summed E-state index contributed by atoms with van der Waals surface area (Å²) in [5, 5.41) is 4.60. The Morgan fingerprint density at radius 1 is 1.23 bits per heavy atom. The molecule has 0 bridgehead atoms. The number of hydrogen-bond donors (Lipinski definition) is 0. The number of aromatic nitrogens is 3. The molecule has 26 heavy (non-hydrogen) atoms. The molecule has 2 heterocycles. The average molecular weight is 436 g/mol. The second-order valence-corrected chi connectivity index (χ2v) is 6.84. The first-order chi connectivity index (χ1) is 12.6. The SMILES string of the molecule is CCN(C(=O)CCc1nc(-c2ccc(Cl)cc2)no1)c1ccc(Br)cn1. The second-order valence-electron chi connectivity index (χ2n) is 5.49. The maximum absolute atomic E-state index is 12.5. The lowest BCUT2D eigenvalue weighted by atomic mass is 10.2. The molecule has 2 aromatic heterocycles. The van der Waals surface area contributed by atoms with Crippen molar-refractivity contribution in [1.29, 1.82) is 0 Å². The van der Waals surface area contributed by atoms with E-state index in [2.05, 4.69) is 31.1 Å². The Hall–Kier alpha value is -2.25. The standard InChI is InChI=1S/C18H16BrClN4O2/c1-2-24(15-8-5-13(19)11-21-15)17(25)10-9-16-22-18(23-26-16)12-3-6-14(20)7-4-12/h3-8,11H,2,9-10H2,1H3. The highest BCUT2D eigenvalue weighted by Crippen LogP contribution is 2.20. The van der Waals surface area contributed by atoms with E-state index >= 15 is 0 Å². The number of carbonyl (C=O) groups is 1. The molecule has 8 heteroatoms. The molecule has 0 saturated carbocycles. The molecule has 0 radical (unpaired) electrons. The molecule has 0 unspecified atom stereocenters. The van der Waals surface area contributed by atoms with Crippen molar-refractivity contribution in [2.45, 2.75) is 19.8 Å². The summed E-state index contributed by atoms with van der Waals surface area (Å²) >= 11 is 9.22. The van der Waals surface area contributed by atoms with Crippen LogP contribution in [0.1, 0.15) is 19.2 Å². The van der Waals surface area contributed by atoms with Crippen LogP contribution in [-0.4, -0.2) is 27.6 Å². The smallest absolute Gasteiger partial charge is 0.228 e. The van der Waals surface area contributed by atoms with E-state index in [0.717, 1.165) is 10.0 Å². The molecule has 0 N–H and O–H groups in total. The number of aryl methyl sites for hydroxylation is 1. The quantitative estimate of drug-likeness (QED) is 0.569. The largest absolute Gasteiger partial charge is 0.339 e. The minimum Gasteiger partial charge on any atom is -0.339 e. The number of amides is 1. The molecule has 0 spiro atoms. The first kappa shape index (κ1) is 18.5. The van der Waals surface area contributed by atoms with Crippen molar-refractivity contribution in [2.24, 2.45) is 0 Å². The Bertz CT molecular complexity index is 881. The lowest BCUT2D eigenvalue weighted by Crippen LogP contribution is -2.31. The maximum Gasteiger partial charge on any atom is 0.228 e. The zero-order chi connectivity index (χ0) is 18.5. The topological polar surface area (TPSA) is 72.1 Å². The molecule has 0 fully saturated rings. The zero-order valence-electron chi connectivity index (χ0n) is 14.0. The van der Waals surface area contributed by atoms with Crippen LogP contribution in [0.4, 0.5) is 5.82 Å². The average Bonchev–Trinajstić information content (AvgIpc) is 3.12. The molecular weight excluding hydrogens is 420 g/mol. The van der Waals surface area contributed by atoms with Gasteiger partial charge in [0.2, 0.25) is 17.6 Å². The van der Waals surface area contributed by atoms with Crippen molar-refractivity contribution >= 4 is 39.3 Å². The molecule has 3 rings (SSSR count). The van der Waals surface area contributed by atoms with Gasteiger partial charge in [0, 0.05) is 40.6 Å². The Kier molecular flexibility index (Phi) is 6.00. The number of pyridine rings is 1. The number of anilines is 1. The van der Waals surface area contributed by atoms with Crippen LogP contribution in [0.15, 0.2) is 51.6 Å². The highest BCUT2D eigenvalue weighted by molar-refractivity contribution is 9.10. The molecule has 1 amide bonds. The summed E-state index contributed by atoms with van der Waals surface area (Å²) in [6.45, 7) is 2.44. The van der Waals surface area contributed by atoms with Crippen molar-refractivity contribution in [2.75, 3.05) is 11.4 Å². The predicted molar refractivity (Wildman–Crippen MR) is 103 cm³/mol. The summed E-state index contributed by atoms with van der Waals surface area (Å²) in [5.41, 5.74) is 0.810. The monoisotopic (exact) mass is 434 g/mol. The van der Waals surface area contributed by atoms with Gasteiger partial charge in [0.1, 0.15) is 5.82 Å². The first-order valence-corrected chi connectivity index (χ1v) is 9.24. The molecule has 0 aliphatic rings. The van der Waals surface area contributed by atoms with E-state index in [9.17, 15) is 4.79 Å². The van der Waals surface area contributed by atoms with Crippen molar-refractivity contribution in [3.8, 4) is 11.4 Å². The van der Waals surface area contributed by atoms with Gasteiger partial charge in [-0.2, -0.15) is 4.98 Å². The number of benzene rings is 1. The molecule has 1 aromatic carbocycles. The van der Waals surface area contributed by atoms with E-state index in [1.54, 1.807) is 29.3 Å². The van der Waals surface area contributed by atoms with Gasteiger partial charge in [-0.15, -0.1) is 0 Å². The Balaban J connectivity index is 1.63. The predicted octanol–water partition coefficient (Wildman–Crippen LogP) is 4.53. The van der Waals surface area contributed by atoms with Crippen LogP contribution < -0.4 is 4.90 Å². The number of halogens is 2. The fraction of sp³-hybridized carbons (Fsp3) is 0.222. The summed E-state index contributed by atoms with van der Waals surface area (Å²) in [6.07, 6.45) is 2.29. The van der Waals surface area contributed by atoms with Gasteiger partial charge >= 0.3 is 0 Å². The minimum absolute atomic E-state index is 0.0476. The number of rotatable bonds is 6. The van der Waals surface area contributed by atoms with Crippen molar-refractivity contribution < 1.29 is 9.32 Å². The van der Waals surface area contributed by atoms with Crippen LogP contribution in [0, 0.1) is 0 Å². The van der Waals surface area contributed by atoms with Crippen molar-refractivity contribution in [3.63, 3.8) is 0 Å². The van der Waals surface area contributed by atoms with Gasteiger partial charge in [-0.25, -0.2) is 4.98 Å².